The van der Waals surface area contributed by atoms with Crippen LogP contribution in [0.4, 0.5) is 15.8 Å². The van der Waals surface area contributed by atoms with Gasteiger partial charge in [0, 0.05) is 24.7 Å². The molecule has 0 aliphatic carbocycles. The van der Waals surface area contributed by atoms with Crippen molar-refractivity contribution in [2.24, 2.45) is 5.92 Å². The van der Waals surface area contributed by atoms with Crippen molar-refractivity contribution in [1.82, 2.24) is 5.43 Å². The molecule has 4 rings (SSSR count). The number of hydrazine groups is 1. The topological polar surface area (TPSA) is 79.9 Å². The predicted molar refractivity (Wildman–Crippen MR) is 122 cm³/mol. The van der Waals surface area contributed by atoms with Crippen molar-refractivity contribution >= 4 is 23.2 Å². The number of nitrogens with one attached hydrogen (secondary N) is 2. The van der Waals surface area contributed by atoms with Crippen LogP contribution in [0.25, 0.3) is 0 Å². The van der Waals surface area contributed by atoms with E-state index in [1.165, 1.54) is 29.2 Å². The summed E-state index contributed by atoms with van der Waals surface area (Å²) >= 11 is 0. The molecule has 1 aliphatic rings. The highest BCUT2D eigenvalue weighted by Gasteiger charge is 2.35. The van der Waals surface area contributed by atoms with Crippen LogP contribution in [0.5, 0.6) is 11.5 Å². The van der Waals surface area contributed by atoms with Gasteiger partial charge in [-0.25, -0.2) is 4.39 Å². The molecule has 0 radical (unpaired) electrons. The molecule has 33 heavy (non-hydrogen) atoms. The van der Waals surface area contributed by atoms with Gasteiger partial charge >= 0.3 is 0 Å². The Morgan fingerprint density at radius 2 is 1.82 bits per heavy atom. The summed E-state index contributed by atoms with van der Waals surface area (Å²) in [6.45, 7) is 0.633. The summed E-state index contributed by atoms with van der Waals surface area (Å²) in [5, 5.41) is 0. The Hall–Kier alpha value is -4.07. The zero-order valence-corrected chi connectivity index (χ0v) is 18.1. The first kappa shape index (κ1) is 22.1. The fourth-order valence-electron chi connectivity index (χ4n) is 3.59. The molecule has 2 amide bonds. The molecule has 7 nitrogen and oxygen atoms in total. The Kier molecular flexibility index (Phi) is 6.73. The van der Waals surface area contributed by atoms with Gasteiger partial charge in [-0.15, -0.1) is 0 Å². The van der Waals surface area contributed by atoms with Crippen molar-refractivity contribution in [2.45, 2.75) is 13.0 Å². The lowest BCUT2D eigenvalue weighted by Gasteiger charge is -2.17. The fraction of sp³-hybridized carbons (Fsp3) is 0.200. The van der Waals surface area contributed by atoms with E-state index >= 15 is 0 Å². The summed E-state index contributed by atoms with van der Waals surface area (Å²) in [4.78, 5) is 26.4. The summed E-state index contributed by atoms with van der Waals surface area (Å²) in [5.41, 5.74) is 7.72. The van der Waals surface area contributed by atoms with E-state index in [-0.39, 0.29) is 30.6 Å². The van der Waals surface area contributed by atoms with Crippen LogP contribution in [0.3, 0.4) is 0 Å². The van der Waals surface area contributed by atoms with Crippen LogP contribution >= 0.6 is 0 Å². The molecule has 8 heteroatoms. The minimum atomic E-state index is -0.523. The molecule has 1 fully saturated rings. The molecule has 1 saturated heterocycles. The van der Waals surface area contributed by atoms with Gasteiger partial charge in [0.1, 0.15) is 12.4 Å². The van der Waals surface area contributed by atoms with E-state index in [2.05, 4.69) is 10.9 Å². The van der Waals surface area contributed by atoms with Crippen LogP contribution in [0.15, 0.2) is 72.8 Å². The van der Waals surface area contributed by atoms with Gasteiger partial charge in [-0.1, -0.05) is 30.3 Å². The van der Waals surface area contributed by atoms with Gasteiger partial charge in [0.25, 0.3) is 0 Å². The summed E-state index contributed by atoms with van der Waals surface area (Å²) < 4.78 is 24.4. The molecule has 0 aromatic heterocycles. The Labute approximate surface area is 191 Å². The molecule has 3 aromatic rings. The van der Waals surface area contributed by atoms with Crippen molar-refractivity contribution in [2.75, 3.05) is 24.0 Å². The first-order chi connectivity index (χ1) is 16.0. The number of methoxy groups -OCH3 is 1. The minimum absolute atomic E-state index is 0.0838. The van der Waals surface area contributed by atoms with E-state index in [9.17, 15) is 14.0 Å². The first-order valence-electron chi connectivity index (χ1n) is 10.5. The molecule has 1 heterocycles. The lowest BCUT2D eigenvalue weighted by Crippen LogP contribution is -2.36. The molecule has 0 spiro atoms. The fourth-order valence-corrected chi connectivity index (χ4v) is 3.59. The predicted octanol–water partition coefficient (Wildman–Crippen LogP) is 3.91. The maximum absolute atomic E-state index is 13.1. The second-order valence-corrected chi connectivity index (χ2v) is 7.64. The van der Waals surface area contributed by atoms with Crippen LogP contribution < -0.4 is 25.2 Å². The maximum Gasteiger partial charge on any atom is 0.243 e. The second kappa shape index (κ2) is 10.0. The molecule has 0 saturated carbocycles. The number of benzene rings is 3. The van der Waals surface area contributed by atoms with Crippen molar-refractivity contribution in [3.63, 3.8) is 0 Å². The molecule has 1 atom stereocenters. The number of amides is 2. The number of ether oxygens (including phenoxy) is 2. The molecular formula is C25H24FN3O4. The van der Waals surface area contributed by atoms with Crippen molar-refractivity contribution in [1.29, 1.82) is 0 Å². The number of anilines is 2. The third-order valence-corrected chi connectivity index (χ3v) is 5.36. The third-order valence-electron chi connectivity index (χ3n) is 5.36. The van der Waals surface area contributed by atoms with Gasteiger partial charge in [-0.05, 0) is 42.0 Å². The number of halogens is 1. The van der Waals surface area contributed by atoms with Gasteiger partial charge in [-0.2, -0.15) is 0 Å². The Bertz CT molecular complexity index is 1120. The standard InChI is InChI=1S/C25H24FN3O4/c1-32-23-14-20(9-12-22(23)33-16-17-5-3-2-4-6-17)27-28-25(31)18-13-24(30)29(15-18)21-10-7-19(26)8-11-21/h2-12,14,18,27H,13,15-16H2,1H3,(H,28,31)/t18-/m1/s1. The highest BCUT2D eigenvalue weighted by atomic mass is 19.1. The molecule has 3 aromatic carbocycles. The monoisotopic (exact) mass is 449 g/mol. The highest BCUT2D eigenvalue weighted by Crippen LogP contribution is 2.31. The smallest absolute Gasteiger partial charge is 0.243 e. The average Bonchev–Trinajstić information content (AvgIpc) is 3.24. The molecule has 1 aliphatic heterocycles. The Morgan fingerprint density at radius 1 is 1.06 bits per heavy atom. The van der Waals surface area contributed by atoms with E-state index in [1.807, 2.05) is 30.3 Å². The number of hydrogen-bond acceptors (Lipinski definition) is 5. The van der Waals surface area contributed by atoms with E-state index in [0.29, 0.717) is 29.5 Å². The van der Waals surface area contributed by atoms with Gasteiger partial charge in [-0.3, -0.25) is 20.4 Å². The number of carbonyl (C=O) groups is 2. The summed E-state index contributed by atoms with van der Waals surface area (Å²) in [5.74, 6) is -0.292. The first-order valence-corrected chi connectivity index (χ1v) is 10.5. The summed E-state index contributed by atoms with van der Waals surface area (Å²) in [6, 6.07) is 20.6. The van der Waals surface area contributed by atoms with Crippen LogP contribution in [0.1, 0.15) is 12.0 Å². The highest BCUT2D eigenvalue weighted by molar-refractivity contribution is 6.00. The van der Waals surface area contributed by atoms with E-state index in [1.54, 1.807) is 25.3 Å². The molecule has 0 unspecified atom stereocenters. The Balaban J connectivity index is 1.33. The number of rotatable bonds is 8. The lowest BCUT2D eigenvalue weighted by atomic mass is 10.1. The number of hydrogen-bond donors (Lipinski definition) is 2. The number of carbonyl (C=O) groups excluding carboxylic acids is 2. The van der Waals surface area contributed by atoms with Gasteiger partial charge in [0.15, 0.2) is 11.5 Å². The molecule has 2 N–H and O–H groups in total. The number of nitrogens with zero attached hydrogens (tertiary/aromatic N) is 1. The third kappa shape index (κ3) is 5.41. The van der Waals surface area contributed by atoms with Crippen LogP contribution in [-0.4, -0.2) is 25.5 Å². The largest absolute Gasteiger partial charge is 0.493 e. The van der Waals surface area contributed by atoms with Crippen molar-refractivity contribution in [3.8, 4) is 11.5 Å². The van der Waals surface area contributed by atoms with Crippen molar-refractivity contribution in [3.05, 3.63) is 84.2 Å². The molecule has 170 valence electrons. The van der Waals surface area contributed by atoms with E-state index < -0.39 is 5.92 Å². The van der Waals surface area contributed by atoms with E-state index in [4.69, 9.17) is 9.47 Å². The lowest BCUT2D eigenvalue weighted by molar-refractivity contribution is -0.125. The zero-order chi connectivity index (χ0) is 23.2. The molecule has 0 bridgehead atoms. The SMILES string of the molecule is COc1cc(NNC(=O)[C@@H]2CC(=O)N(c3ccc(F)cc3)C2)ccc1OCc1ccccc1. The second-order valence-electron chi connectivity index (χ2n) is 7.64. The van der Waals surface area contributed by atoms with Gasteiger partial charge in [0.2, 0.25) is 11.8 Å². The van der Waals surface area contributed by atoms with Crippen LogP contribution in [-0.2, 0) is 16.2 Å². The molecular weight excluding hydrogens is 425 g/mol. The quantitative estimate of drug-likeness (QED) is 0.510. The summed E-state index contributed by atoms with van der Waals surface area (Å²) in [6.07, 6.45) is 0.0838. The van der Waals surface area contributed by atoms with Gasteiger partial charge in [0.05, 0.1) is 18.7 Å². The Morgan fingerprint density at radius 3 is 2.55 bits per heavy atom. The zero-order valence-electron chi connectivity index (χ0n) is 18.1. The van der Waals surface area contributed by atoms with E-state index in [0.717, 1.165) is 5.56 Å². The minimum Gasteiger partial charge on any atom is -0.493 e. The average molecular weight is 449 g/mol. The normalized spacial score (nSPS) is 15.3. The van der Waals surface area contributed by atoms with Crippen molar-refractivity contribution < 1.29 is 23.5 Å². The van der Waals surface area contributed by atoms with Crippen LogP contribution in [0.2, 0.25) is 0 Å². The maximum atomic E-state index is 13.1. The van der Waals surface area contributed by atoms with Gasteiger partial charge < -0.3 is 14.4 Å². The summed E-state index contributed by atoms with van der Waals surface area (Å²) in [7, 11) is 1.54. The van der Waals surface area contributed by atoms with Crippen LogP contribution in [0, 0.1) is 11.7 Å².